The summed E-state index contributed by atoms with van der Waals surface area (Å²) in [6.07, 6.45) is 0. The van der Waals surface area contributed by atoms with Gasteiger partial charge in [-0.25, -0.2) is 18.0 Å². The number of rotatable bonds is 4. The third-order valence-electron chi connectivity index (χ3n) is 3.77. The summed E-state index contributed by atoms with van der Waals surface area (Å²) in [5.74, 6) is -2.55. The minimum atomic E-state index is -3.93. The molecular weight excluding hydrogens is 428 g/mol. The van der Waals surface area contributed by atoms with Crippen LogP contribution < -0.4 is 10.1 Å². The number of hydrogen-bond acceptors (Lipinski definition) is 8. The van der Waals surface area contributed by atoms with Gasteiger partial charge in [0.05, 0.1) is 21.2 Å². The molecule has 0 saturated carbocycles. The van der Waals surface area contributed by atoms with Crippen LogP contribution in [0.4, 0.5) is 11.4 Å². The Kier molecular flexibility index (Phi) is 7.13. The largest absolute Gasteiger partial charge is 0.334 e. The zero-order valence-electron chi connectivity index (χ0n) is 17.2. The Hall–Kier alpha value is -3.73. The van der Waals surface area contributed by atoms with Gasteiger partial charge in [-0.3, -0.25) is 9.59 Å². The van der Waals surface area contributed by atoms with E-state index in [4.69, 9.17) is 9.68 Å². The number of amides is 2. The number of nitrogens with zero attached hydrogens (tertiary/aromatic N) is 2. The Bertz CT molecular complexity index is 1030. The Morgan fingerprint density at radius 2 is 0.903 bits per heavy atom. The average molecular weight is 448 g/mol. The van der Waals surface area contributed by atoms with E-state index in [1.54, 1.807) is 0 Å². The fraction of sp³-hybridized carbons (Fsp3) is 0.200. The molecule has 164 valence electrons. The maximum Gasteiger partial charge on any atom is 0.330 e. The Labute approximate surface area is 178 Å². The molecule has 11 heteroatoms. The monoisotopic (exact) mass is 448 g/mol. The van der Waals surface area contributed by atoms with Crippen molar-refractivity contribution in [2.45, 2.75) is 37.5 Å². The summed E-state index contributed by atoms with van der Waals surface area (Å²) in [6, 6.07) is 10.3. The predicted molar refractivity (Wildman–Crippen MR) is 108 cm³/mol. The molecule has 10 nitrogen and oxygen atoms in total. The smallest absolute Gasteiger partial charge is 0.330 e. The van der Waals surface area contributed by atoms with E-state index < -0.39 is 33.6 Å². The van der Waals surface area contributed by atoms with Gasteiger partial charge in [-0.1, -0.05) is 0 Å². The molecule has 2 aromatic rings. The van der Waals surface area contributed by atoms with Crippen molar-refractivity contribution in [2.75, 3.05) is 10.1 Å². The zero-order valence-corrected chi connectivity index (χ0v) is 18.0. The van der Waals surface area contributed by atoms with Gasteiger partial charge in [0.2, 0.25) is 9.84 Å². The molecule has 0 aromatic heterocycles. The number of hydrogen-bond donors (Lipinski definition) is 0. The lowest BCUT2D eigenvalue weighted by Crippen LogP contribution is -2.30. The van der Waals surface area contributed by atoms with E-state index in [0.717, 1.165) is 24.0 Å². The van der Waals surface area contributed by atoms with Crippen molar-refractivity contribution < 1.29 is 37.3 Å². The summed E-state index contributed by atoms with van der Waals surface area (Å²) >= 11 is 0. The SMILES string of the molecule is CC(=O)ON(C(C)=O)c1ccc(S(=O)(=O)c2ccc(N(OC(C)=O)C(C)=O)cc2)cc1. The predicted octanol–water partition coefficient (Wildman–Crippen LogP) is 2.18. The van der Waals surface area contributed by atoms with Gasteiger partial charge in [0.25, 0.3) is 11.8 Å². The number of carbonyl (C=O) groups is 4. The van der Waals surface area contributed by atoms with Gasteiger partial charge in [0.1, 0.15) is 0 Å². The van der Waals surface area contributed by atoms with Crippen molar-refractivity contribution in [1.82, 2.24) is 0 Å². The lowest BCUT2D eigenvalue weighted by Gasteiger charge is -2.19. The highest BCUT2D eigenvalue weighted by molar-refractivity contribution is 7.91. The van der Waals surface area contributed by atoms with Crippen LogP contribution in [0.5, 0.6) is 0 Å². The molecule has 0 aliphatic rings. The molecule has 0 N–H and O–H groups in total. The van der Waals surface area contributed by atoms with Gasteiger partial charge in [0, 0.05) is 27.7 Å². The molecule has 0 radical (unpaired) electrons. The van der Waals surface area contributed by atoms with Crippen molar-refractivity contribution in [3.8, 4) is 0 Å². The summed E-state index contributed by atoms with van der Waals surface area (Å²) in [5, 5.41) is 1.50. The Morgan fingerprint density at radius 3 is 1.13 bits per heavy atom. The summed E-state index contributed by atoms with van der Waals surface area (Å²) in [7, 11) is -3.93. The fourth-order valence-corrected chi connectivity index (χ4v) is 3.77. The van der Waals surface area contributed by atoms with Gasteiger partial charge >= 0.3 is 11.9 Å². The molecule has 0 saturated heterocycles. The number of anilines is 2. The van der Waals surface area contributed by atoms with E-state index in [0.29, 0.717) is 0 Å². The minimum Gasteiger partial charge on any atom is -0.334 e. The molecule has 2 aromatic carbocycles. The molecule has 0 atom stereocenters. The highest BCUT2D eigenvalue weighted by atomic mass is 32.2. The molecule has 0 spiro atoms. The first-order chi connectivity index (χ1) is 14.4. The van der Waals surface area contributed by atoms with Crippen LogP contribution in [-0.4, -0.2) is 32.2 Å². The van der Waals surface area contributed by atoms with Crippen LogP contribution in [0.1, 0.15) is 27.7 Å². The van der Waals surface area contributed by atoms with Gasteiger partial charge in [-0.15, -0.1) is 10.1 Å². The molecule has 2 rings (SSSR count). The van der Waals surface area contributed by atoms with Gasteiger partial charge in [-0.05, 0) is 48.5 Å². The molecule has 31 heavy (non-hydrogen) atoms. The molecule has 0 bridgehead atoms. The van der Waals surface area contributed by atoms with Crippen molar-refractivity contribution in [3.05, 3.63) is 48.5 Å². The number of hydroxylamine groups is 2. The average Bonchev–Trinajstić information content (AvgIpc) is 2.70. The maximum atomic E-state index is 12.9. The van der Waals surface area contributed by atoms with Gasteiger partial charge < -0.3 is 9.68 Å². The van der Waals surface area contributed by atoms with Crippen LogP contribution in [-0.2, 0) is 38.7 Å². The highest BCUT2D eigenvalue weighted by Gasteiger charge is 2.22. The second-order valence-electron chi connectivity index (χ2n) is 6.28. The molecule has 0 aliphatic heterocycles. The molecule has 0 aliphatic carbocycles. The normalized spacial score (nSPS) is 10.7. The van der Waals surface area contributed by atoms with Gasteiger partial charge in [-0.2, -0.15) is 0 Å². The summed E-state index contributed by atoms with van der Waals surface area (Å²) < 4.78 is 25.8. The lowest BCUT2D eigenvalue weighted by atomic mass is 10.3. The van der Waals surface area contributed by atoms with Crippen molar-refractivity contribution in [1.29, 1.82) is 0 Å². The minimum absolute atomic E-state index is 0.0706. The van der Waals surface area contributed by atoms with Crippen molar-refractivity contribution in [3.63, 3.8) is 0 Å². The van der Waals surface area contributed by atoms with Crippen LogP contribution in [0.25, 0.3) is 0 Å². The summed E-state index contributed by atoms with van der Waals surface area (Å²) in [6.45, 7) is 4.64. The Morgan fingerprint density at radius 1 is 0.613 bits per heavy atom. The zero-order chi connectivity index (χ0) is 23.3. The first-order valence-electron chi connectivity index (χ1n) is 8.87. The molecule has 2 amide bonds. The van der Waals surface area contributed by atoms with E-state index in [1.165, 1.54) is 62.4 Å². The van der Waals surface area contributed by atoms with Crippen molar-refractivity contribution >= 4 is 45.0 Å². The topological polar surface area (TPSA) is 127 Å². The Balaban J connectivity index is 2.33. The van der Waals surface area contributed by atoms with E-state index in [-0.39, 0.29) is 21.2 Å². The summed E-state index contributed by atoms with van der Waals surface area (Å²) in [5.41, 5.74) is 0.353. The number of carbonyl (C=O) groups excluding carboxylic acids is 4. The van der Waals surface area contributed by atoms with Crippen LogP contribution in [0.15, 0.2) is 58.3 Å². The van der Waals surface area contributed by atoms with Crippen LogP contribution in [0.3, 0.4) is 0 Å². The standard InChI is InChI=1S/C20H20N2O8S/c1-13(23)21(29-15(3)25)17-5-9-19(10-6-17)31(27,28)20-11-7-18(8-12-20)22(14(2)24)30-16(4)26/h5-12H,1-4H3. The van der Waals surface area contributed by atoms with E-state index in [2.05, 4.69) is 0 Å². The second kappa shape index (κ2) is 9.39. The van der Waals surface area contributed by atoms with Crippen LogP contribution in [0, 0.1) is 0 Å². The van der Waals surface area contributed by atoms with E-state index >= 15 is 0 Å². The van der Waals surface area contributed by atoms with Gasteiger partial charge in [0.15, 0.2) is 0 Å². The number of sulfone groups is 1. The summed E-state index contributed by atoms with van der Waals surface area (Å²) in [4.78, 5) is 55.1. The third kappa shape index (κ3) is 5.66. The van der Waals surface area contributed by atoms with E-state index in [9.17, 15) is 27.6 Å². The van der Waals surface area contributed by atoms with E-state index in [1.807, 2.05) is 0 Å². The lowest BCUT2D eigenvalue weighted by molar-refractivity contribution is -0.147. The maximum absolute atomic E-state index is 12.9. The first kappa shape index (κ1) is 23.5. The van der Waals surface area contributed by atoms with Crippen LogP contribution >= 0.6 is 0 Å². The second-order valence-corrected chi connectivity index (χ2v) is 8.23. The quantitative estimate of drug-likeness (QED) is 0.651. The molecular formula is C20H20N2O8S. The molecule has 0 unspecified atom stereocenters. The highest BCUT2D eigenvalue weighted by Crippen LogP contribution is 2.26. The number of benzene rings is 2. The first-order valence-corrected chi connectivity index (χ1v) is 10.4. The molecule has 0 heterocycles. The molecule has 0 fully saturated rings. The fourth-order valence-electron chi connectivity index (χ4n) is 2.51. The third-order valence-corrected chi connectivity index (χ3v) is 5.56. The van der Waals surface area contributed by atoms with Crippen LogP contribution in [0.2, 0.25) is 0 Å². The van der Waals surface area contributed by atoms with Crippen molar-refractivity contribution in [2.24, 2.45) is 0 Å².